The van der Waals surface area contributed by atoms with Gasteiger partial charge in [-0.3, -0.25) is 9.78 Å². The summed E-state index contributed by atoms with van der Waals surface area (Å²) in [4.78, 5) is 15.7. The molecule has 0 fully saturated rings. The molecule has 4 heteroatoms. The van der Waals surface area contributed by atoms with Crippen molar-refractivity contribution in [2.24, 2.45) is 0 Å². The van der Waals surface area contributed by atoms with Crippen molar-refractivity contribution in [3.63, 3.8) is 0 Å². The molecule has 2 aromatic carbocycles. The van der Waals surface area contributed by atoms with E-state index in [0.29, 0.717) is 34.1 Å². The largest absolute Gasteiger partial charge is 0.298 e. The van der Waals surface area contributed by atoms with E-state index in [2.05, 4.69) is 4.98 Å². The van der Waals surface area contributed by atoms with Crippen LogP contribution < -0.4 is 0 Å². The molecule has 0 aliphatic rings. The third kappa shape index (κ3) is 2.63. The lowest BCUT2D eigenvalue weighted by Crippen LogP contribution is -1.95. The Morgan fingerprint density at radius 1 is 0.818 bits per heavy atom. The van der Waals surface area contributed by atoms with Gasteiger partial charge in [-0.25, -0.2) is 8.78 Å². The number of aldehydes is 1. The van der Waals surface area contributed by atoms with Crippen molar-refractivity contribution < 1.29 is 13.6 Å². The zero-order valence-corrected chi connectivity index (χ0v) is 11.5. The Labute approximate surface area is 126 Å². The third-order valence-corrected chi connectivity index (χ3v) is 3.38. The molecule has 2 nitrogen and oxygen atoms in total. The predicted molar refractivity (Wildman–Crippen MR) is 80.4 cm³/mol. The van der Waals surface area contributed by atoms with Crippen LogP contribution in [-0.4, -0.2) is 11.3 Å². The molecule has 0 unspecified atom stereocenters. The van der Waals surface area contributed by atoms with Crippen LogP contribution in [0.25, 0.3) is 22.3 Å². The van der Waals surface area contributed by atoms with Gasteiger partial charge in [-0.2, -0.15) is 0 Å². The molecule has 1 heterocycles. The summed E-state index contributed by atoms with van der Waals surface area (Å²) < 4.78 is 26.8. The van der Waals surface area contributed by atoms with Gasteiger partial charge in [0.2, 0.25) is 0 Å². The Morgan fingerprint density at radius 3 is 1.73 bits per heavy atom. The van der Waals surface area contributed by atoms with Gasteiger partial charge in [0.25, 0.3) is 0 Å². The van der Waals surface area contributed by atoms with Crippen molar-refractivity contribution in [2.45, 2.75) is 0 Å². The fourth-order valence-electron chi connectivity index (χ4n) is 2.37. The summed E-state index contributed by atoms with van der Waals surface area (Å²) >= 11 is 0. The third-order valence-electron chi connectivity index (χ3n) is 3.38. The Bertz CT molecular complexity index is 782. The molecule has 1 aromatic heterocycles. The van der Waals surface area contributed by atoms with Gasteiger partial charge in [-0.05, 0) is 35.4 Å². The molecule has 3 rings (SSSR count). The van der Waals surface area contributed by atoms with Crippen LogP contribution in [0.2, 0.25) is 0 Å². The first-order valence-electron chi connectivity index (χ1n) is 6.64. The van der Waals surface area contributed by atoms with Crippen molar-refractivity contribution >= 4 is 6.29 Å². The van der Waals surface area contributed by atoms with Crippen molar-refractivity contribution in [1.29, 1.82) is 0 Å². The number of nitrogens with zero attached hydrogens (tertiary/aromatic N) is 1. The molecule has 22 heavy (non-hydrogen) atoms. The summed E-state index contributed by atoms with van der Waals surface area (Å²) in [6, 6.07) is 11.8. The average Bonchev–Trinajstić information content (AvgIpc) is 2.54. The van der Waals surface area contributed by atoms with E-state index >= 15 is 0 Å². The molecule has 0 N–H and O–H groups in total. The predicted octanol–water partition coefficient (Wildman–Crippen LogP) is 4.51. The van der Waals surface area contributed by atoms with Gasteiger partial charge in [-0.15, -0.1) is 0 Å². The van der Waals surface area contributed by atoms with Crippen LogP contribution in [0.15, 0.2) is 60.9 Å². The second-order valence-corrected chi connectivity index (χ2v) is 4.79. The summed E-state index contributed by atoms with van der Waals surface area (Å²) in [5, 5.41) is 0. The monoisotopic (exact) mass is 295 g/mol. The molecule has 0 radical (unpaired) electrons. The lowest BCUT2D eigenvalue weighted by molar-refractivity contribution is 0.112. The maximum Gasteiger partial charge on any atom is 0.151 e. The highest BCUT2D eigenvalue weighted by Gasteiger charge is 2.13. The Morgan fingerprint density at radius 2 is 1.32 bits per heavy atom. The van der Waals surface area contributed by atoms with Crippen LogP contribution in [-0.2, 0) is 0 Å². The highest BCUT2D eigenvalue weighted by Crippen LogP contribution is 2.30. The number of aromatic nitrogens is 1. The van der Waals surface area contributed by atoms with Gasteiger partial charge in [0.05, 0.1) is 0 Å². The van der Waals surface area contributed by atoms with Crippen molar-refractivity contribution in [3.05, 3.63) is 78.1 Å². The SMILES string of the molecule is O=Cc1c(-c2cccc(F)c2)cncc1-c1cccc(F)c1. The number of hydrogen-bond donors (Lipinski definition) is 0. The highest BCUT2D eigenvalue weighted by atomic mass is 19.1. The first-order valence-corrected chi connectivity index (χ1v) is 6.64. The van der Waals surface area contributed by atoms with Crippen molar-refractivity contribution in [3.8, 4) is 22.3 Å². The van der Waals surface area contributed by atoms with E-state index in [1.54, 1.807) is 24.3 Å². The summed E-state index contributed by atoms with van der Waals surface area (Å²) in [7, 11) is 0. The van der Waals surface area contributed by atoms with Gasteiger partial charge in [0.1, 0.15) is 11.6 Å². The molecular weight excluding hydrogens is 284 g/mol. The molecule has 3 aromatic rings. The maximum atomic E-state index is 13.4. The minimum absolute atomic E-state index is 0.353. The van der Waals surface area contributed by atoms with Gasteiger partial charge >= 0.3 is 0 Å². The number of rotatable bonds is 3. The second-order valence-electron chi connectivity index (χ2n) is 4.79. The smallest absolute Gasteiger partial charge is 0.151 e. The first kappa shape index (κ1) is 14.1. The van der Waals surface area contributed by atoms with E-state index in [1.807, 2.05) is 0 Å². The van der Waals surface area contributed by atoms with Crippen LogP contribution in [0.5, 0.6) is 0 Å². The first-order chi connectivity index (χ1) is 10.7. The molecule has 0 atom stereocenters. The van der Waals surface area contributed by atoms with Crippen LogP contribution in [0.3, 0.4) is 0 Å². The number of carbonyl (C=O) groups is 1. The minimum atomic E-state index is -0.398. The molecule has 0 saturated carbocycles. The number of pyridine rings is 1. The van der Waals surface area contributed by atoms with E-state index in [4.69, 9.17) is 0 Å². The van der Waals surface area contributed by atoms with E-state index in [1.165, 1.54) is 36.7 Å². The zero-order chi connectivity index (χ0) is 15.5. The molecule has 0 aliphatic carbocycles. The zero-order valence-electron chi connectivity index (χ0n) is 11.5. The van der Waals surface area contributed by atoms with Crippen LogP contribution >= 0.6 is 0 Å². The summed E-state index contributed by atoms with van der Waals surface area (Å²) in [5.74, 6) is -0.795. The molecule has 0 aliphatic heterocycles. The quantitative estimate of drug-likeness (QED) is 0.666. The van der Waals surface area contributed by atoms with Gasteiger partial charge < -0.3 is 0 Å². The van der Waals surface area contributed by atoms with Crippen LogP contribution in [0.4, 0.5) is 8.78 Å². The van der Waals surface area contributed by atoms with E-state index in [0.717, 1.165) is 0 Å². The van der Waals surface area contributed by atoms with E-state index in [9.17, 15) is 13.6 Å². The van der Waals surface area contributed by atoms with E-state index in [-0.39, 0.29) is 0 Å². The van der Waals surface area contributed by atoms with Crippen LogP contribution in [0.1, 0.15) is 10.4 Å². The standard InChI is InChI=1S/C18H11F2NO/c19-14-5-1-3-12(7-14)16-9-21-10-17(18(16)11-22)13-4-2-6-15(20)8-13/h1-11H. The van der Waals surface area contributed by atoms with Crippen LogP contribution in [0, 0.1) is 11.6 Å². The fraction of sp³-hybridized carbons (Fsp3) is 0. The Balaban J connectivity index is 2.22. The Hall–Kier alpha value is -2.88. The van der Waals surface area contributed by atoms with Crippen molar-refractivity contribution in [1.82, 2.24) is 4.98 Å². The lowest BCUT2D eigenvalue weighted by atomic mass is 9.95. The second kappa shape index (κ2) is 5.85. The number of halogens is 2. The summed E-state index contributed by atoms with van der Waals surface area (Å²) in [6.07, 6.45) is 3.69. The number of hydrogen-bond acceptors (Lipinski definition) is 2. The Kier molecular flexibility index (Phi) is 3.74. The molecule has 0 spiro atoms. The topological polar surface area (TPSA) is 30.0 Å². The fourth-order valence-corrected chi connectivity index (χ4v) is 2.37. The number of benzene rings is 2. The highest BCUT2D eigenvalue weighted by molar-refractivity contribution is 5.95. The summed E-state index contributed by atoms with van der Waals surface area (Å²) in [5.41, 5.74) is 2.47. The van der Waals surface area contributed by atoms with Gasteiger partial charge in [0.15, 0.2) is 6.29 Å². The van der Waals surface area contributed by atoms with Gasteiger partial charge in [0, 0.05) is 29.1 Å². The molecule has 108 valence electrons. The van der Waals surface area contributed by atoms with Crippen molar-refractivity contribution in [2.75, 3.05) is 0 Å². The average molecular weight is 295 g/mol. The lowest BCUT2D eigenvalue weighted by Gasteiger charge is -2.10. The number of carbonyl (C=O) groups excluding carboxylic acids is 1. The molecule has 0 saturated heterocycles. The molecular formula is C18H11F2NO. The van der Waals surface area contributed by atoms with Gasteiger partial charge in [-0.1, -0.05) is 24.3 Å². The minimum Gasteiger partial charge on any atom is -0.298 e. The normalized spacial score (nSPS) is 10.5. The molecule has 0 bridgehead atoms. The van der Waals surface area contributed by atoms with E-state index < -0.39 is 11.6 Å². The molecule has 0 amide bonds. The summed E-state index contributed by atoms with van der Waals surface area (Å²) in [6.45, 7) is 0. The maximum absolute atomic E-state index is 13.4.